The summed E-state index contributed by atoms with van der Waals surface area (Å²) in [4.78, 5) is 10.3. The highest BCUT2D eigenvalue weighted by molar-refractivity contribution is 5.71. The fourth-order valence-corrected chi connectivity index (χ4v) is 0.749. The first-order chi connectivity index (χ1) is 4.83. The molecule has 0 bridgehead atoms. The number of ether oxygens (including phenoxy) is 1. The maximum Gasteiger partial charge on any atom is 0.306 e. The minimum Gasteiger partial charge on any atom is -0.461 e. The molecule has 0 aromatic carbocycles. The predicted molar refractivity (Wildman–Crippen MR) is 39.5 cm³/mol. The third kappa shape index (κ3) is 2.82. The Morgan fingerprint density at radius 2 is 2.30 bits per heavy atom. The van der Waals surface area contributed by atoms with Gasteiger partial charge in [0.1, 0.15) is 6.10 Å². The van der Waals surface area contributed by atoms with Gasteiger partial charge in [-0.2, -0.15) is 0 Å². The van der Waals surface area contributed by atoms with Crippen molar-refractivity contribution < 1.29 is 9.53 Å². The van der Waals surface area contributed by atoms with Crippen molar-refractivity contribution in [2.45, 2.75) is 32.8 Å². The number of carbonyl (C=O) groups is 1. The van der Waals surface area contributed by atoms with Gasteiger partial charge < -0.3 is 10.5 Å². The Hall–Kier alpha value is -0.570. The molecule has 0 aromatic rings. The van der Waals surface area contributed by atoms with Crippen LogP contribution in [0.1, 0.15) is 26.7 Å². The molecule has 1 aliphatic heterocycles. The van der Waals surface area contributed by atoms with Crippen molar-refractivity contribution in [3.05, 3.63) is 0 Å². The molecule has 0 unspecified atom stereocenters. The molecule has 3 nitrogen and oxygen atoms in total. The number of cyclic esters (lactones) is 1. The molecule has 1 atom stereocenters. The van der Waals surface area contributed by atoms with Crippen LogP contribution in [0.15, 0.2) is 0 Å². The van der Waals surface area contributed by atoms with E-state index < -0.39 is 0 Å². The summed E-state index contributed by atoms with van der Waals surface area (Å²) in [6.07, 6.45) is 1.35. The van der Waals surface area contributed by atoms with Gasteiger partial charge in [0.05, 0.1) is 0 Å². The first kappa shape index (κ1) is 9.43. The van der Waals surface area contributed by atoms with E-state index in [9.17, 15) is 4.79 Å². The van der Waals surface area contributed by atoms with Crippen LogP contribution in [0.2, 0.25) is 0 Å². The summed E-state index contributed by atoms with van der Waals surface area (Å²) in [5.74, 6) is -0.111. The highest BCUT2D eigenvalue weighted by atomic mass is 16.5. The predicted octanol–water partition coefficient (Wildman–Crippen LogP) is 0.677. The van der Waals surface area contributed by atoms with Gasteiger partial charge in [0.25, 0.3) is 0 Å². The van der Waals surface area contributed by atoms with Gasteiger partial charge >= 0.3 is 5.97 Å². The lowest BCUT2D eigenvalue weighted by atomic mass is 10.2. The molecule has 2 N–H and O–H groups in total. The van der Waals surface area contributed by atoms with E-state index in [1.54, 1.807) is 0 Å². The largest absolute Gasteiger partial charge is 0.461 e. The second-order valence-electron chi connectivity index (χ2n) is 1.89. The second kappa shape index (κ2) is 5.23. The standard InChI is InChI=1S/C5H9NO2.C2H6/c6-3-4-1-2-5(7)8-4;1-2/h4H,1-3,6H2;1-2H3/t4-;/m1./s1. The van der Waals surface area contributed by atoms with Gasteiger partial charge in [-0.25, -0.2) is 0 Å². The van der Waals surface area contributed by atoms with Gasteiger partial charge in [0.15, 0.2) is 0 Å². The summed E-state index contributed by atoms with van der Waals surface area (Å²) in [6.45, 7) is 4.46. The number of hydrogen-bond donors (Lipinski definition) is 1. The zero-order valence-corrected chi connectivity index (χ0v) is 6.59. The van der Waals surface area contributed by atoms with Crippen LogP contribution in [0.4, 0.5) is 0 Å². The molecule has 0 aromatic heterocycles. The minimum absolute atomic E-state index is 0.00231. The molecule has 3 heteroatoms. The zero-order chi connectivity index (χ0) is 7.98. The second-order valence-corrected chi connectivity index (χ2v) is 1.89. The highest BCUT2D eigenvalue weighted by Crippen LogP contribution is 2.11. The van der Waals surface area contributed by atoms with Crippen LogP contribution in [0.3, 0.4) is 0 Å². The van der Waals surface area contributed by atoms with Gasteiger partial charge in [-0.1, -0.05) is 13.8 Å². The van der Waals surface area contributed by atoms with Crippen LogP contribution in [0, 0.1) is 0 Å². The Morgan fingerprint density at radius 1 is 1.70 bits per heavy atom. The van der Waals surface area contributed by atoms with Crippen molar-refractivity contribution in [1.29, 1.82) is 0 Å². The molecule has 0 spiro atoms. The highest BCUT2D eigenvalue weighted by Gasteiger charge is 2.20. The molecule has 0 saturated carbocycles. The van der Waals surface area contributed by atoms with Gasteiger partial charge in [-0.05, 0) is 6.42 Å². The smallest absolute Gasteiger partial charge is 0.306 e. The van der Waals surface area contributed by atoms with Crippen molar-refractivity contribution in [2.75, 3.05) is 6.54 Å². The van der Waals surface area contributed by atoms with Crippen LogP contribution in [0.5, 0.6) is 0 Å². The third-order valence-corrected chi connectivity index (χ3v) is 1.23. The van der Waals surface area contributed by atoms with E-state index >= 15 is 0 Å². The Labute approximate surface area is 61.5 Å². The molecule has 1 rings (SSSR count). The Kier molecular flexibility index (Phi) is 4.94. The van der Waals surface area contributed by atoms with Crippen molar-refractivity contribution >= 4 is 5.97 Å². The van der Waals surface area contributed by atoms with Crippen LogP contribution in [-0.2, 0) is 9.53 Å². The number of esters is 1. The molecular formula is C7H15NO2. The first-order valence-corrected chi connectivity index (χ1v) is 3.72. The quantitative estimate of drug-likeness (QED) is 0.552. The van der Waals surface area contributed by atoms with Gasteiger partial charge in [-0.3, -0.25) is 4.79 Å². The molecule has 1 aliphatic rings. The maximum absolute atomic E-state index is 10.3. The Morgan fingerprint density at radius 3 is 2.50 bits per heavy atom. The third-order valence-electron chi connectivity index (χ3n) is 1.23. The fourth-order valence-electron chi connectivity index (χ4n) is 0.749. The average Bonchev–Trinajstić information content (AvgIpc) is 2.40. The molecule has 1 saturated heterocycles. The first-order valence-electron chi connectivity index (χ1n) is 3.72. The summed E-state index contributed by atoms with van der Waals surface area (Å²) in [6, 6.07) is 0. The molecule has 0 aliphatic carbocycles. The number of hydrogen-bond acceptors (Lipinski definition) is 3. The summed E-state index contributed by atoms with van der Waals surface area (Å²) in [5, 5.41) is 0. The van der Waals surface area contributed by atoms with E-state index in [1.807, 2.05) is 13.8 Å². The fraction of sp³-hybridized carbons (Fsp3) is 0.857. The van der Waals surface area contributed by atoms with Crippen molar-refractivity contribution in [3.8, 4) is 0 Å². The van der Waals surface area contributed by atoms with Crippen LogP contribution < -0.4 is 5.73 Å². The van der Waals surface area contributed by atoms with Gasteiger partial charge in [0, 0.05) is 13.0 Å². The average molecular weight is 145 g/mol. The van der Waals surface area contributed by atoms with Crippen LogP contribution >= 0.6 is 0 Å². The van der Waals surface area contributed by atoms with Crippen LogP contribution in [-0.4, -0.2) is 18.6 Å². The lowest BCUT2D eigenvalue weighted by Gasteiger charge is -2.01. The molecule has 1 fully saturated rings. The van der Waals surface area contributed by atoms with Crippen molar-refractivity contribution in [1.82, 2.24) is 0 Å². The molecule has 1 heterocycles. The van der Waals surface area contributed by atoms with E-state index in [2.05, 4.69) is 0 Å². The van der Waals surface area contributed by atoms with E-state index in [0.29, 0.717) is 13.0 Å². The summed E-state index contributed by atoms with van der Waals surface area (Å²) >= 11 is 0. The SMILES string of the molecule is CC.NC[C@H]1CCC(=O)O1. The zero-order valence-electron chi connectivity index (χ0n) is 6.59. The summed E-state index contributed by atoms with van der Waals surface area (Å²) in [7, 11) is 0. The minimum atomic E-state index is -0.111. The summed E-state index contributed by atoms with van der Waals surface area (Å²) < 4.78 is 4.75. The van der Waals surface area contributed by atoms with E-state index in [0.717, 1.165) is 6.42 Å². The molecule has 10 heavy (non-hydrogen) atoms. The molecular weight excluding hydrogens is 130 g/mol. The van der Waals surface area contributed by atoms with Crippen molar-refractivity contribution in [3.63, 3.8) is 0 Å². The lowest BCUT2D eigenvalue weighted by molar-refractivity contribution is -0.141. The Balaban J connectivity index is 0.000000371. The summed E-state index contributed by atoms with van der Waals surface area (Å²) in [5.41, 5.74) is 5.22. The van der Waals surface area contributed by atoms with Gasteiger partial charge in [-0.15, -0.1) is 0 Å². The maximum atomic E-state index is 10.3. The monoisotopic (exact) mass is 145 g/mol. The van der Waals surface area contributed by atoms with E-state index in [1.165, 1.54) is 0 Å². The van der Waals surface area contributed by atoms with E-state index in [-0.39, 0.29) is 12.1 Å². The van der Waals surface area contributed by atoms with Gasteiger partial charge in [0.2, 0.25) is 0 Å². The normalized spacial score (nSPS) is 23.1. The molecule has 0 amide bonds. The molecule has 0 radical (unpaired) electrons. The van der Waals surface area contributed by atoms with E-state index in [4.69, 9.17) is 10.5 Å². The number of rotatable bonds is 1. The molecule has 60 valence electrons. The van der Waals surface area contributed by atoms with Crippen molar-refractivity contribution in [2.24, 2.45) is 5.73 Å². The number of nitrogens with two attached hydrogens (primary N) is 1. The van der Waals surface area contributed by atoms with Crippen LogP contribution in [0.25, 0.3) is 0 Å². The number of carbonyl (C=O) groups excluding carboxylic acids is 1. The topological polar surface area (TPSA) is 52.3 Å². The Bertz CT molecular complexity index is 104. The lowest BCUT2D eigenvalue weighted by Crippen LogP contribution is -2.18.